The van der Waals surface area contributed by atoms with E-state index in [1.807, 2.05) is 25.1 Å². The van der Waals surface area contributed by atoms with Crippen molar-refractivity contribution in [2.45, 2.75) is 19.8 Å². The molecule has 2 N–H and O–H groups in total. The number of hydrogen-bond acceptors (Lipinski definition) is 4. The van der Waals surface area contributed by atoms with E-state index in [4.69, 9.17) is 21.7 Å². The summed E-state index contributed by atoms with van der Waals surface area (Å²) < 4.78 is 10.2. The fourth-order valence-corrected chi connectivity index (χ4v) is 2.65. The van der Waals surface area contributed by atoms with Gasteiger partial charge in [-0.1, -0.05) is 18.2 Å². The molecule has 6 heteroatoms. The molecule has 0 unspecified atom stereocenters. The van der Waals surface area contributed by atoms with E-state index in [-0.39, 0.29) is 5.97 Å². The fraction of sp³-hybridized carbons (Fsp3) is 0.300. The quantitative estimate of drug-likeness (QED) is 0.418. The Morgan fingerprint density at radius 2 is 1.92 bits per heavy atom. The van der Waals surface area contributed by atoms with E-state index >= 15 is 0 Å². The Morgan fingerprint density at radius 3 is 2.62 bits per heavy atom. The summed E-state index contributed by atoms with van der Waals surface area (Å²) in [5.74, 6) is 0.525. The zero-order chi connectivity index (χ0) is 18.8. The summed E-state index contributed by atoms with van der Waals surface area (Å²) in [7, 11) is 1.36. The molecule has 5 nitrogen and oxygen atoms in total. The van der Waals surface area contributed by atoms with Gasteiger partial charge >= 0.3 is 5.97 Å². The van der Waals surface area contributed by atoms with Gasteiger partial charge in [0.05, 0.1) is 19.3 Å². The monoisotopic (exact) mass is 372 g/mol. The molecule has 0 aliphatic rings. The van der Waals surface area contributed by atoms with Crippen LogP contribution in [-0.4, -0.2) is 31.3 Å². The van der Waals surface area contributed by atoms with Crippen LogP contribution < -0.4 is 15.4 Å². The molecule has 0 fully saturated rings. The van der Waals surface area contributed by atoms with Gasteiger partial charge in [-0.15, -0.1) is 0 Å². The maximum absolute atomic E-state index is 11.5. The van der Waals surface area contributed by atoms with Gasteiger partial charge in [0.2, 0.25) is 0 Å². The summed E-state index contributed by atoms with van der Waals surface area (Å²) in [4.78, 5) is 11.5. The van der Waals surface area contributed by atoms with Crippen LogP contribution in [-0.2, 0) is 11.2 Å². The Kier molecular flexibility index (Phi) is 7.89. The van der Waals surface area contributed by atoms with Crippen molar-refractivity contribution in [1.82, 2.24) is 5.32 Å². The van der Waals surface area contributed by atoms with Crippen LogP contribution in [0, 0.1) is 0 Å². The highest BCUT2D eigenvalue weighted by molar-refractivity contribution is 7.80. The van der Waals surface area contributed by atoms with Crippen LogP contribution >= 0.6 is 12.2 Å². The molecule has 0 spiro atoms. The van der Waals surface area contributed by atoms with E-state index in [0.717, 1.165) is 30.8 Å². The summed E-state index contributed by atoms with van der Waals surface area (Å²) in [6.45, 7) is 3.41. The van der Waals surface area contributed by atoms with E-state index in [9.17, 15) is 4.79 Å². The van der Waals surface area contributed by atoms with Gasteiger partial charge in [0, 0.05) is 12.2 Å². The van der Waals surface area contributed by atoms with Crippen molar-refractivity contribution in [1.29, 1.82) is 0 Å². The minimum Gasteiger partial charge on any atom is -0.494 e. The third kappa shape index (κ3) is 6.37. The molecule has 0 aromatic heterocycles. The molecule has 0 radical (unpaired) electrons. The minimum atomic E-state index is -0.372. The van der Waals surface area contributed by atoms with Gasteiger partial charge in [-0.05, 0) is 67.9 Å². The van der Waals surface area contributed by atoms with Crippen LogP contribution in [0.2, 0.25) is 0 Å². The van der Waals surface area contributed by atoms with Crippen molar-refractivity contribution in [3.8, 4) is 5.75 Å². The third-order valence-corrected chi connectivity index (χ3v) is 3.95. The highest BCUT2D eigenvalue weighted by Gasteiger charge is 2.06. The van der Waals surface area contributed by atoms with Crippen LogP contribution in [0.25, 0.3) is 0 Å². The van der Waals surface area contributed by atoms with E-state index in [1.165, 1.54) is 12.7 Å². The second-order valence-electron chi connectivity index (χ2n) is 5.63. The molecule has 0 saturated heterocycles. The standard InChI is InChI=1S/C20H24N2O3S/c1-3-25-18-11-9-15(10-12-18)6-5-13-21-20(26)22-17-8-4-7-16(14-17)19(23)24-2/h4,7-12,14H,3,5-6,13H2,1-2H3,(H2,21,22,26). The predicted octanol–water partition coefficient (Wildman–Crippen LogP) is 3.79. The van der Waals surface area contributed by atoms with E-state index in [1.54, 1.807) is 18.2 Å². The maximum atomic E-state index is 11.5. The van der Waals surface area contributed by atoms with Gasteiger partial charge in [-0.2, -0.15) is 0 Å². The highest BCUT2D eigenvalue weighted by Crippen LogP contribution is 2.13. The molecule has 0 saturated carbocycles. The van der Waals surface area contributed by atoms with Crippen LogP contribution in [0.1, 0.15) is 29.3 Å². The Labute approximate surface area is 159 Å². The smallest absolute Gasteiger partial charge is 0.337 e. The molecule has 2 rings (SSSR count). The van der Waals surface area contributed by atoms with Crippen molar-refractivity contribution in [2.75, 3.05) is 25.6 Å². The number of carbonyl (C=O) groups excluding carboxylic acids is 1. The summed E-state index contributed by atoms with van der Waals surface area (Å²) in [5, 5.41) is 6.78. The molecule has 0 amide bonds. The first-order chi connectivity index (χ1) is 12.6. The Balaban J connectivity index is 1.72. The number of methoxy groups -OCH3 is 1. The maximum Gasteiger partial charge on any atom is 0.337 e. The number of hydrogen-bond donors (Lipinski definition) is 2. The van der Waals surface area contributed by atoms with Gasteiger partial charge in [0.1, 0.15) is 5.75 Å². The van der Waals surface area contributed by atoms with E-state index in [2.05, 4.69) is 22.8 Å². The average molecular weight is 372 g/mol. The Morgan fingerprint density at radius 1 is 1.15 bits per heavy atom. The zero-order valence-electron chi connectivity index (χ0n) is 15.1. The molecule has 138 valence electrons. The number of ether oxygens (including phenoxy) is 2. The predicted molar refractivity (Wildman–Crippen MR) is 108 cm³/mol. The number of nitrogens with one attached hydrogen (secondary N) is 2. The molecule has 0 heterocycles. The zero-order valence-corrected chi connectivity index (χ0v) is 15.9. The molecule has 0 aliphatic carbocycles. The first kappa shape index (κ1) is 19.7. The van der Waals surface area contributed by atoms with Gasteiger partial charge < -0.3 is 20.1 Å². The molecule has 2 aromatic rings. The Bertz CT molecular complexity index is 732. The summed E-state index contributed by atoms with van der Waals surface area (Å²) >= 11 is 5.29. The first-order valence-electron chi connectivity index (χ1n) is 8.57. The number of benzene rings is 2. The highest BCUT2D eigenvalue weighted by atomic mass is 32.1. The topological polar surface area (TPSA) is 59.6 Å². The number of thiocarbonyl (C=S) groups is 1. The van der Waals surface area contributed by atoms with Gasteiger partial charge in [-0.25, -0.2) is 4.79 Å². The number of anilines is 1. The largest absolute Gasteiger partial charge is 0.494 e. The van der Waals surface area contributed by atoms with Crippen molar-refractivity contribution >= 4 is 29.0 Å². The lowest BCUT2D eigenvalue weighted by molar-refractivity contribution is 0.0601. The van der Waals surface area contributed by atoms with Crippen LogP contribution in [0.15, 0.2) is 48.5 Å². The lowest BCUT2D eigenvalue weighted by Crippen LogP contribution is -2.29. The third-order valence-electron chi connectivity index (χ3n) is 3.70. The van der Waals surface area contributed by atoms with Crippen LogP contribution in [0.4, 0.5) is 5.69 Å². The summed E-state index contributed by atoms with van der Waals surface area (Å²) in [5.41, 5.74) is 2.49. The molecular weight excluding hydrogens is 348 g/mol. The number of aryl methyl sites for hydroxylation is 1. The second-order valence-corrected chi connectivity index (χ2v) is 6.04. The van der Waals surface area contributed by atoms with Crippen molar-refractivity contribution in [3.05, 3.63) is 59.7 Å². The Hall–Kier alpha value is -2.60. The summed E-state index contributed by atoms with van der Waals surface area (Å²) in [6, 6.07) is 15.2. The number of rotatable bonds is 8. The van der Waals surface area contributed by atoms with Crippen LogP contribution in [0.5, 0.6) is 5.75 Å². The lowest BCUT2D eigenvalue weighted by Gasteiger charge is -2.11. The molecule has 26 heavy (non-hydrogen) atoms. The van der Waals surface area contributed by atoms with Crippen molar-refractivity contribution in [3.63, 3.8) is 0 Å². The first-order valence-corrected chi connectivity index (χ1v) is 8.98. The minimum absolute atomic E-state index is 0.372. The average Bonchev–Trinajstić information content (AvgIpc) is 2.66. The van der Waals surface area contributed by atoms with E-state index < -0.39 is 0 Å². The molecule has 0 bridgehead atoms. The lowest BCUT2D eigenvalue weighted by atomic mass is 10.1. The van der Waals surface area contributed by atoms with Gasteiger partial charge in [-0.3, -0.25) is 0 Å². The normalized spacial score (nSPS) is 10.1. The molecule has 2 aromatic carbocycles. The van der Waals surface area contributed by atoms with Crippen molar-refractivity contribution < 1.29 is 14.3 Å². The SMILES string of the molecule is CCOc1ccc(CCCNC(=S)Nc2cccc(C(=O)OC)c2)cc1. The van der Waals surface area contributed by atoms with Crippen molar-refractivity contribution in [2.24, 2.45) is 0 Å². The van der Waals surface area contributed by atoms with Gasteiger partial charge in [0.25, 0.3) is 0 Å². The molecule has 0 aliphatic heterocycles. The number of esters is 1. The molecular formula is C20H24N2O3S. The second kappa shape index (κ2) is 10.4. The summed E-state index contributed by atoms with van der Waals surface area (Å²) in [6.07, 6.45) is 1.91. The molecule has 0 atom stereocenters. The van der Waals surface area contributed by atoms with Gasteiger partial charge in [0.15, 0.2) is 5.11 Å². The van der Waals surface area contributed by atoms with E-state index in [0.29, 0.717) is 17.3 Å². The number of carbonyl (C=O) groups is 1. The van der Waals surface area contributed by atoms with Crippen LogP contribution in [0.3, 0.4) is 0 Å². The fourth-order valence-electron chi connectivity index (χ4n) is 2.43.